The highest BCUT2D eigenvalue weighted by molar-refractivity contribution is 6.10. The molecule has 0 spiro atoms. The summed E-state index contributed by atoms with van der Waals surface area (Å²) in [5, 5.41) is 0. The molecule has 0 aliphatic carbocycles. The molecule has 0 aliphatic heterocycles. The molecule has 0 aliphatic rings. The van der Waals surface area contributed by atoms with Crippen LogP contribution in [0, 0.1) is 11.6 Å². The van der Waals surface area contributed by atoms with Crippen LogP contribution in [0.1, 0.15) is 15.9 Å². The average Bonchev–Trinajstić information content (AvgIpc) is 2.38. The summed E-state index contributed by atoms with van der Waals surface area (Å²) in [6, 6.07) is 4.61. The number of nitrogens with zero attached hydrogens (tertiary/aromatic N) is 1. The fourth-order valence-corrected chi connectivity index (χ4v) is 1.55. The highest BCUT2D eigenvalue weighted by Gasteiger charge is 2.16. The van der Waals surface area contributed by atoms with Crippen molar-refractivity contribution in [2.24, 2.45) is 0 Å². The van der Waals surface area contributed by atoms with Crippen LogP contribution < -0.4 is 4.74 Å². The van der Waals surface area contributed by atoms with E-state index in [1.54, 1.807) is 0 Å². The second kappa shape index (κ2) is 4.91. The van der Waals surface area contributed by atoms with Gasteiger partial charge >= 0.3 is 0 Å². The van der Waals surface area contributed by atoms with Crippen molar-refractivity contribution in [2.75, 3.05) is 7.11 Å². The molecule has 1 aromatic heterocycles. The highest BCUT2D eigenvalue weighted by atomic mass is 19.1. The third-order valence-corrected chi connectivity index (χ3v) is 2.37. The van der Waals surface area contributed by atoms with Crippen LogP contribution in [-0.2, 0) is 0 Å². The standard InChI is InChI=1S/C13H9F2NO2/c1-18-12-3-2-9(14)5-11(12)13(17)8-4-10(15)7-16-6-8/h2-7H,1H3. The first-order valence-electron chi connectivity index (χ1n) is 5.10. The van der Waals surface area contributed by atoms with E-state index >= 15 is 0 Å². The first-order chi connectivity index (χ1) is 8.61. The van der Waals surface area contributed by atoms with Crippen molar-refractivity contribution in [3.05, 3.63) is 59.4 Å². The molecule has 2 aromatic rings. The number of methoxy groups -OCH3 is 1. The smallest absolute Gasteiger partial charge is 0.198 e. The minimum absolute atomic E-state index is 0.0323. The minimum atomic E-state index is -0.629. The van der Waals surface area contributed by atoms with Crippen molar-refractivity contribution in [3.63, 3.8) is 0 Å². The first kappa shape index (κ1) is 12.2. The molecule has 0 saturated carbocycles. The Bertz CT molecular complexity index is 599. The molecule has 0 amide bonds. The van der Waals surface area contributed by atoms with Gasteiger partial charge in [-0.3, -0.25) is 9.78 Å². The van der Waals surface area contributed by atoms with Crippen molar-refractivity contribution in [1.82, 2.24) is 4.98 Å². The maximum atomic E-state index is 13.1. The van der Waals surface area contributed by atoms with Crippen LogP contribution in [0.15, 0.2) is 36.7 Å². The molecule has 0 fully saturated rings. The molecule has 1 aromatic carbocycles. The molecule has 0 unspecified atom stereocenters. The summed E-state index contributed by atoms with van der Waals surface area (Å²) < 4.78 is 31.1. The van der Waals surface area contributed by atoms with Gasteiger partial charge in [-0.1, -0.05) is 0 Å². The lowest BCUT2D eigenvalue weighted by atomic mass is 10.0. The van der Waals surface area contributed by atoms with Crippen molar-refractivity contribution in [1.29, 1.82) is 0 Å². The molecular weight excluding hydrogens is 240 g/mol. The summed E-state index contributed by atoms with van der Waals surface area (Å²) in [5.41, 5.74) is 0.0730. The maximum absolute atomic E-state index is 13.1. The topological polar surface area (TPSA) is 39.2 Å². The second-order valence-electron chi connectivity index (χ2n) is 3.57. The molecule has 0 saturated heterocycles. The SMILES string of the molecule is COc1ccc(F)cc1C(=O)c1cncc(F)c1. The zero-order chi connectivity index (χ0) is 13.1. The van der Waals surface area contributed by atoms with E-state index in [0.717, 1.165) is 18.3 Å². The molecule has 1 heterocycles. The Morgan fingerprint density at radius 2 is 1.94 bits per heavy atom. The lowest BCUT2D eigenvalue weighted by molar-refractivity contribution is 0.103. The van der Waals surface area contributed by atoms with Gasteiger partial charge in [0.25, 0.3) is 0 Å². The first-order valence-corrected chi connectivity index (χ1v) is 5.10. The number of ether oxygens (including phenoxy) is 1. The van der Waals surface area contributed by atoms with Gasteiger partial charge in [-0.15, -0.1) is 0 Å². The number of halogens is 2. The van der Waals surface area contributed by atoms with E-state index in [-0.39, 0.29) is 16.9 Å². The number of ketones is 1. The Kier molecular flexibility index (Phi) is 3.32. The normalized spacial score (nSPS) is 10.2. The fourth-order valence-electron chi connectivity index (χ4n) is 1.55. The van der Waals surface area contributed by atoms with Crippen LogP contribution in [-0.4, -0.2) is 17.9 Å². The number of aromatic nitrogens is 1. The minimum Gasteiger partial charge on any atom is -0.496 e. The van der Waals surface area contributed by atoms with Gasteiger partial charge in [0.2, 0.25) is 0 Å². The predicted octanol–water partition coefficient (Wildman–Crippen LogP) is 2.60. The third kappa shape index (κ3) is 2.34. The van der Waals surface area contributed by atoms with Crippen molar-refractivity contribution in [2.45, 2.75) is 0 Å². The summed E-state index contributed by atoms with van der Waals surface area (Å²) >= 11 is 0. The van der Waals surface area contributed by atoms with Gasteiger partial charge in [0.1, 0.15) is 17.4 Å². The van der Waals surface area contributed by atoms with Crippen molar-refractivity contribution in [3.8, 4) is 5.75 Å². The Hall–Kier alpha value is -2.30. The van der Waals surface area contributed by atoms with Crippen LogP contribution in [0.4, 0.5) is 8.78 Å². The number of hydrogen-bond acceptors (Lipinski definition) is 3. The zero-order valence-corrected chi connectivity index (χ0v) is 9.48. The van der Waals surface area contributed by atoms with E-state index in [9.17, 15) is 13.6 Å². The van der Waals surface area contributed by atoms with Crippen LogP contribution in [0.25, 0.3) is 0 Å². The molecule has 5 heteroatoms. The molecule has 18 heavy (non-hydrogen) atoms. The van der Waals surface area contributed by atoms with Gasteiger partial charge in [0.15, 0.2) is 5.78 Å². The van der Waals surface area contributed by atoms with Gasteiger partial charge in [-0.25, -0.2) is 8.78 Å². The number of hydrogen-bond donors (Lipinski definition) is 0. The molecule has 0 atom stereocenters. The highest BCUT2D eigenvalue weighted by Crippen LogP contribution is 2.22. The number of carbonyl (C=O) groups excluding carboxylic acids is 1. The summed E-state index contributed by atoms with van der Waals surface area (Å²) in [5.74, 6) is -1.51. The average molecular weight is 249 g/mol. The van der Waals surface area contributed by atoms with Gasteiger partial charge < -0.3 is 4.74 Å². The summed E-state index contributed by atoms with van der Waals surface area (Å²) in [6.07, 6.45) is 2.20. The van der Waals surface area contributed by atoms with Gasteiger partial charge in [0.05, 0.1) is 18.9 Å². The van der Waals surface area contributed by atoms with Crippen molar-refractivity contribution >= 4 is 5.78 Å². The lowest BCUT2D eigenvalue weighted by Gasteiger charge is -2.07. The zero-order valence-electron chi connectivity index (χ0n) is 9.48. The molecule has 92 valence electrons. The van der Waals surface area contributed by atoms with E-state index in [1.807, 2.05) is 0 Å². The predicted molar refractivity (Wildman–Crippen MR) is 60.6 cm³/mol. The molecule has 3 nitrogen and oxygen atoms in total. The molecule has 0 N–H and O–H groups in total. The number of carbonyl (C=O) groups is 1. The van der Waals surface area contributed by atoms with E-state index < -0.39 is 17.4 Å². The van der Waals surface area contributed by atoms with Crippen LogP contribution in [0.3, 0.4) is 0 Å². The van der Waals surface area contributed by atoms with Crippen LogP contribution in [0.5, 0.6) is 5.75 Å². The summed E-state index contributed by atoms with van der Waals surface area (Å²) in [6.45, 7) is 0. The monoisotopic (exact) mass is 249 g/mol. The van der Waals surface area contributed by atoms with E-state index in [2.05, 4.69) is 4.98 Å². The summed E-state index contributed by atoms with van der Waals surface area (Å²) in [4.78, 5) is 15.7. The third-order valence-electron chi connectivity index (χ3n) is 2.37. The maximum Gasteiger partial charge on any atom is 0.198 e. The molecule has 0 radical (unpaired) electrons. The molecule has 0 bridgehead atoms. The summed E-state index contributed by atoms with van der Waals surface area (Å²) in [7, 11) is 1.37. The number of benzene rings is 1. The lowest BCUT2D eigenvalue weighted by Crippen LogP contribution is -2.05. The van der Waals surface area contributed by atoms with Crippen LogP contribution in [0.2, 0.25) is 0 Å². The van der Waals surface area contributed by atoms with E-state index in [1.165, 1.54) is 25.4 Å². The van der Waals surface area contributed by atoms with E-state index in [0.29, 0.717) is 0 Å². The number of rotatable bonds is 3. The van der Waals surface area contributed by atoms with Gasteiger partial charge in [-0.2, -0.15) is 0 Å². The molecule has 2 rings (SSSR count). The van der Waals surface area contributed by atoms with E-state index in [4.69, 9.17) is 4.74 Å². The largest absolute Gasteiger partial charge is 0.496 e. The second-order valence-corrected chi connectivity index (χ2v) is 3.57. The Balaban J connectivity index is 2.48. The Labute approximate surface area is 102 Å². The molecular formula is C13H9F2NO2. The Morgan fingerprint density at radius 1 is 1.17 bits per heavy atom. The number of pyridine rings is 1. The van der Waals surface area contributed by atoms with Gasteiger partial charge in [-0.05, 0) is 24.3 Å². The fraction of sp³-hybridized carbons (Fsp3) is 0.0769. The van der Waals surface area contributed by atoms with Crippen molar-refractivity contribution < 1.29 is 18.3 Å². The van der Waals surface area contributed by atoms with Gasteiger partial charge in [0, 0.05) is 11.8 Å². The van der Waals surface area contributed by atoms with Crippen LogP contribution >= 0.6 is 0 Å². The quantitative estimate of drug-likeness (QED) is 0.785. The Morgan fingerprint density at radius 3 is 2.61 bits per heavy atom.